The minimum absolute atomic E-state index is 0. The van der Waals surface area contributed by atoms with Crippen LogP contribution >= 0.6 is 24.0 Å². The lowest BCUT2D eigenvalue weighted by atomic mass is 9.93. The fourth-order valence-electron chi connectivity index (χ4n) is 3.59. The Bertz CT molecular complexity index is 524. The van der Waals surface area contributed by atoms with E-state index in [1.165, 1.54) is 12.8 Å². The van der Waals surface area contributed by atoms with Crippen molar-refractivity contribution in [3.05, 3.63) is 24.2 Å². The Morgan fingerprint density at radius 3 is 2.54 bits per heavy atom. The number of halogens is 1. The molecule has 1 aliphatic rings. The van der Waals surface area contributed by atoms with Gasteiger partial charge in [0.15, 0.2) is 5.96 Å². The van der Waals surface area contributed by atoms with E-state index in [2.05, 4.69) is 59.4 Å². The van der Waals surface area contributed by atoms with Crippen LogP contribution in [0.1, 0.15) is 38.5 Å². The summed E-state index contributed by atoms with van der Waals surface area (Å²) in [5.41, 5.74) is 0.177. The van der Waals surface area contributed by atoms with Gasteiger partial charge >= 0.3 is 0 Å². The van der Waals surface area contributed by atoms with Crippen molar-refractivity contribution in [3.8, 4) is 0 Å². The molecule has 2 N–H and O–H groups in total. The molecular formula is C19H36IN5O. The second-order valence-electron chi connectivity index (χ2n) is 7.98. The molecular weight excluding hydrogens is 441 g/mol. The van der Waals surface area contributed by atoms with Gasteiger partial charge in [0.2, 0.25) is 0 Å². The lowest BCUT2D eigenvalue weighted by Gasteiger charge is -2.30. The molecule has 1 fully saturated rings. The normalized spacial score (nSPS) is 17.2. The van der Waals surface area contributed by atoms with Crippen molar-refractivity contribution in [2.24, 2.45) is 10.4 Å². The molecule has 1 aliphatic heterocycles. The summed E-state index contributed by atoms with van der Waals surface area (Å²) in [4.78, 5) is 9.10. The third-order valence-electron chi connectivity index (χ3n) is 4.62. The van der Waals surface area contributed by atoms with Crippen LogP contribution in [0.2, 0.25) is 0 Å². The molecule has 0 bridgehead atoms. The molecule has 0 saturated carbocycles. The summed E-state index contributed by atoms with van der Waals surface area (Å²) in [5.74, 6) is 1.88. The van der Waals surface area contributed by atoms with Gasteiger partial charge in [0.1, 0.15) is 5.76 Å². The summed E-state index contributed by atoms with van der Waals surface area (Å²) >= 11 is 0. The first-order chi connectivity index (χ1) is 11.9. The van der Waals surface area contributed by atoms with Crippen molar-refractivity contribution in [3.63, 3.8) is 0 Å². The van der Waals surface area contributed by atoms with Crippen molar-refractivity contribution >= 4 is 29.9 Å². The number of hydrogen-bond acceptors (Lipinski definition) is 4. The number of guanidine groups is 1. The van der Waals surface area contributed by atoms with Gasteiger partial charge in [0, 0.05) is 26.7 Å². The van der Waals surface area contributed by atoms with Crippen LogP contribution in [0.4, 0.5) is 0 Å². The van der Waals surface area contributed by atoms with Gasteiger partial charge < -0.3 is 20.0 Å². The predicted molar refractivity (Wildman–Crippen MR) is 119 cm³/mol. The van der Waals surface area contributed by atoms with Gasteiger partial charge in [-0.3, -0.25) is 9.89 Å². The second-order valence-corrected chi connectivity index (χ2v) is 7.98. The van der Waals surface area contributed by atoms with Crippen molar-refractivity contribution in [2.45, 2.75) is 32.7 Å². The summed E-state index contributed by atoms with van der Waals surface area (Å²) in [6, 6.07) is 4.29. The average molecular weight is 477 g/mol. The molecule has 2 heterocycles. The van der Waals surface area contributed by atoms with E-state index < -0.39 is 0 Å². The molecule has 0 aliphatic carbocycles. The van der Waals surface area contributed by atoms with Gasteiger partial charge in [-0.2, -0.15) is 0 Å². The highest BCUT2D eigenvalue weighted by molar-refractivity contribution is 14.0. The third-order valence-corrected chi connectivity index (χ3v) is 4.62. The Labute approximate surface area is 175 Å². The molecule has 1 atom stereocenters. The predicted octanol–water partition coefficient (Wildman–Crippen LogP) is 2.79. The molecule has 0 amide bonds. The Morgan fingerprint density at radius 1 is 1.31 bits per heavy atom. The topological polar surface area (TPSA) is 56.0 Å². The van der Waals surface area contributed by atoms with Gasteiger partial charge in [-0.1, -0.05) is 13.8 Å². The van der Waals surface area contributed by atoms with E-state index >= 15 is 0 Å². The largest absolute Gasteiger partial charge is 0.468 e. The maximum absolute atomic E-state index is 5.68. The van der Waals surface area contributed by atoms with Gasteiger partial charge in [0.05, 0.1) is 12.3 Å². The fourth-order valence-corrected chi connectivity index (χ4v) is 3.59. The first-order valence-electron chi connectivity index (χ1n) is 9.28. The van der Waals surface area contributed by atoms with Crippen molar-refractivity contribution < 1.29 is 4.42 Å². The number of furan rings is 1. The minimum Gasteiger partial charge on any atom is -0.468 e. The van der Waals surface area contributed by atoms with Crippen molar-refractivity contribution in [1.29, 1.82) is 0 Å². The fraction of sp³-hybridized carbons (Fsp3) is 0.737. The number of likely N-dealkylation sites (tertiary alicyclic amines) is 1. The Morgan fingerprint density at radius 2 is 2.00 bits per heavy atom. The zero-order valence-electron chi connectivity index (χ0n) is 16.9. The second kappa shape index (κ2) is 11.1. The van der Waals surface area contributed by atoms with Gasteiger partial charge in [0.25, 0.3) is 0 Å². The molecule has 150 valence electrons. The zero-order valence-corrected chi connectivity index (χ0v) is 19.2. The monoisotopic (exact) mass is 477 g/mol. The Kier molecular flexibility index (Phi) is 9.95. The minimum atomic E-state index is 0. The van der Waals surface area contributed by atoms with E-state index in [9.17, 15) is 0 Å². The molecule has 1 saturated heterocycles. The number of nitrogens with one attached hydrogen (secondary N) is 2. The van der Waals surface area contributed by atoms with E-state index in [-0.39, 0.29) is 35.4 Å². The molecule has 0 radical (unpaired) electrons. The van der Waals surface area contributed by atoms with E-state index in [0.717, 1.165) is 44.4 Å². The summed E-state index contributed by atoms with van der Waals surface area (Å²) in [6.45, 7) is 9.50. The maximum atomic E-state index is 5.68. The van der Waals surface area contributed by atoms with Crippen LogP contribution in [0.3, 0.4) is 0 Å². The summed E-state index contributed by atoms with van der Waals surface area (Å²) < 4.78 is 5.68. The van der Waals surface area contributed by atoms with Crippen LogP contribution < -0.4 is 10.6 Å². The Balaban J connectivity index is 0.00000338. The molecule has 6 nitrogen and oxygen atoms in total. The van der Waals surface area contributed by atoms with Crippen molar-refractivity contribution in [2.75, 3.05) is 53.9 Å². The highest BCUT2D eigenvalue weighted by Crippen LogP contribution is 2.24. The molecule has 1 aromatic rings. The number of nitrogens with zero attached hydrogens (tertiary/aromatic N) is 3. The SMILES string of the molecule is CN=C(NCC(c1ccco1)N1CCCC1)NCC(C)(C)CN(C)C.I. The standard InChI is InChI=1S/C19H35N5O.HI/c1-19(2,15-23(4)5)14-22-18(20-3)21-13-16(17-9-8-12-25-17)24-10-6-7-11-24;/h8-9,12,16H,6-7,10-11,13-15H2,1-5H3,(H2,20,21,22);1H. The molecule has 2 rings (SSSR count). The highest BCUT2D eigenvalue weighted by atomic mass is 127. The maximum Gasteiger partial charge on any atom is 0.191 e. The first-order valence-corrected chi connectivity index (χ1v) is 9.28. The van der Waals surface area contributed by atoms with E-state index in [1.54, 1.807) is 6.26 Å². The van der Waals surface area contributed by atoms with Crippen LogP contribution in [0.25, 0.3) is 0 Å². The van der Waals surface area contributed by atoms with Crippen molar-refractivity contribution in [1.82, 2.24) is 20.4 Å². The average Bonchev–Trinajstić information content (AvgIpc) is 3.23. The van der Waals surface area contributed by atoms with Crippen LogP contribution in [0.15, 0.2) is 27.8 Å². The third kappa shape index (κ3) is 7.44. The molecule has 1 unspecified atom stereocenters. The number of aliphatic imine (C=N–C) groups is 1. The van der Waals surface area contributed by atoms with Crippen LogP contribution in [-0.2, 0) is 0 Å². The van der Waals surface area contributed by atoms with Gasteiger partial charge in [-0.05, 0) is 57.6 Å². The molecule has 0 aromatic carbocycles. The van der Waals surface area contributed by atoms with Crippen LogP contribution in [-0.4, -0.2) is 69.6 Å². The van der Waals surface area contributed by atoms with Crippen LogP contribution in [0, 0.1) is 5.41 Å². The molecule has 26 heavy (non-hydrogen) atoms. The number of rotatable bonds is 8. The summed E-state index contributed by atoms with van der Waals surface area (Å²) in [6.07, 6.45) is 4.29. The molecule has 0 spiro atoms. The lowest BCUT2D eigenvalue weighted by molar-refractivity contribution is 0.214. The van der Waals surface area contributed by atoms with Crippen LogP contribution in [0.5, 0.6) is 0 Å². The van der Waals surface area contributed by atoms with Gasteiger partial charge in [-0.25, -0.2) is 0 Å². The molecule has 1 aromatic heterocycles. The lowest BCUT2D eigenvalue weighted by Crippen LogP contribution is -2.47. The van der Waals surface area contributed by atoms with E-state index in [0.29, 0.717) is 0 Å². The summed E-state index contributed by atoms with van der Waals surface area (Å²) in [5, 5.41) is 6.95. The van der Waals surface area contributed by atoms with E-state index in [1.807, 2.05) is 13.1 Å². The zero-order chi connectivity index (χ0) is 18.3. The number of hydrogen-bond donors (Lipinski definition) is 2. The van der Waals surface area contributed by atoms with Gasteiger partial charge in [-0.15, -0.1) is 24.0 Å². The van der Waals surface area contributed by atoms with E-state index in [4.69, 9.17) is 4.42 Å². The smallest absolute Gasteiger partial charge is 0.191 e. The summed E-state index contributed by atoms with van der Waals surface area (Å²) in [7, 11) is 6.05. The Hall–Kier alpha value is -0.800. The highest BCUT2D eigenvalue weighted by Gasteiger charge is 2.26. The molecule has 7 heteroatoms. The first kappa shape index (κ1) is 23.2. The quantitative estimate of drug-likeness (QED) is 0.343.